The van der Waals surface area contributed by atoms with Gasteiger partial charge in [-0.25, -0.2) is 19.8 Å². The maximum Gasteiger partial charge on any atom is 0.241 e. The van der Waals surface area contributed by atoms with E-state index >= 15 is 0 Å². The van der Waals surface area contributed by atoms with E-state index in [2.05, 4.69) is 20.8 Å². The van der Waals surface area contributed by atoms with Crippen molar-refractivity contribution in [2.24, 2.45) is 0 Å². The van der Waals surface area contributed by atoms with E-state index in [9.17, 15) is 9.18 Å². The van der Waals surface area contributed by atoms with Gasteiger partial charge in [0.05, 0.1) is 11.7 Å². The lowest BCUT2D eigenvalue weighted by molar-refractivity contribution is -0.134. The molecule has 1 amide bonds. The third kappa shape index (κ3) is 3.13. The van der Waals surface area contributed by atoms with Crippen LogP contribution in [0.25, 0.3) is 11.1 Å². The van der Waals surface area contributed by atoms with Crippen LogP contribution in [0.3, 0.4) is 0 Å². The number of rotatable bonds is 3. The Morgan fingerprint density at radius 1 is 1.35 bits per heavy atom. The van der Waals surface area contributed by atoms with E-state index in [1.54, 1.807) is 12.3 Å². The number of hydrazine groups is 1. The van der Waals surface area contributed by atoms with Gasteiger partial charge < -0.3 is 10.6 Å². The number of aromatic nitrogens is 2. The van der Waals surface area contributed by atoms with Crippen LogP contribution in [0, 0.1) is 5.82 Å². The highest BCUT2D eigenvalue weighted by molar-refractivity contribution is 5.83. The molecule has 0 spiro atoms. The lowest BCUT2D eigenvalue weighted by Gasteiger charge is -2.28. The minimum atomic E-state index is -0.328. The van der Waals surface area contributed by atoms with Crippen LogP contribution in [0.15, 0.2) is 30.5 Å². The fourth-order valence-electron chi connectivity index (χ4n) is 3.73. The Hall–Kier alpha value is -2.58. The number of halogens is 1. The summed E-state index contributed by atoms with van der Waals surface area (Å²) >= 11 is 0. The second kappa shape index (κ2) is 6.97. The molecule has 2 unspecified atom stereocenters. The average Bonchev–Trinajstić information content (AvgIpc) is 3.33. The molecular weight excluding hydrogens is 335 g/mol. The summed E-state index contributed by atoms with van der Waals surface area (Å²) in [4.78, 5) is 23.3. The molecule has 0 bridgehead atoms. The van der Waals surface area contributed by atoms with Gasteiger partial charge in [-0.05, 0) is 37.0 Å². The second-order valence-electron chi connectivity index (χ2n) is 6.64. The summed E-state index contributed by atoms with van der Waals surface area (Å²) < 4.78 is 13.7. The largest absolute Gasteiger partial charge is 0.368 e. The summed E-state index contributed by atoms with van der Waals surface area (Å²) in [6.45, 7) is 1.44. The number of amides is 1. The molecule has 7 nitrogen and oxygen atoms in total. The van der Waals surface area contributed by atoms with Gasteiger partial charge in [-0.3, -0.25) is 10.2 Å². The summed E-state index contributed by atoms with van der Waals surface area (Å²) in [5.41, 5.74) is 13.9. The molecule has 2 aliphatic rings. The molecule has 4 N–H and O–H groups in total. The van der Waals surface area contributed by atoms with Crippen molar-refractivity contribution in [1.82, 2.24) is 25.7 Å². The van der Waals surface area contributed by atoms with Crippen LogP contribution < -0.4 is 16.6 Å². The van der Waals surface area contributed by atoms with Crippen molar-refractivity contribution in [2.75, 3.05) is 18.8 Å². The predicted molar refractivity (Wildman–Crippen MR) is 95.1 cm³/mol. The number of carbonyl (C=O) groups is 1. The SMILES string of the molecule is Nc1ncc(-c2cccc(F)c2)c(C2CCCN2C(=O)C2CCNN2)n1. The van der Waals surface area contributed by atoms with Crippen molar-refractivity contribution < 1.29 is 9.18 Å². The standard InChI is InChI=1S/C18H21FN6O/c19-12-4-1-3-11(9-12)13-10-21-18(20)23-16(13)15-5-2-8-25(15)17(26)14-6-7-22-24-14/h1,3-4,9-10,14-15,22,24H,2,5-8H2,(H2,20,21,23). The first-order valence-corrected chi connectivity index (χ1v) is 8.80. The average molecular weight is 356 g/mol. The number of benzene rings is 1. The maximum absolute atomic E-state index is 13.7. The number of likely N-dealkylation sites (tertiary alicyclic amines) is 1. The number of hydrogen-bond acceptors (Lipinski definition) is 6. The van der Waals surface area contributed by atoms with E-state index in [-0.39, 0.29) is 29.8 Å². The number of hydrogen-bond donors (Lipinski definition) is 3. The summed E-state index contributed by atoms with van der Waals surface area (Å²) in [5, 5.41) is 0. The number of carbonyl (C=O) groups excluding carboxylic acids is 1. The van der Waals surface area contributed by atoms with E-state index in [0.29, 0.717) is 23.4 Å². The van der Waals surface area contributed by atoms with Gasteiger partial charge in [0, 0.05) is 24.8 Å². The third-order valence-electron chi connectivity index (χ3n) is 4.96. The quantitative estimate of drug-likeness (QED) is 0.769. The first-order valence-electron chi connectivity index (χ1n) is 8.80. The summed E-state index contributed by atoms with van der Waals surface area (Å²) in [6.07, 6.45) is 4.06. The molecule has 26 heavy (non-hydrogen) atoms. The number of nitrogens with two attached hydrogens (primary N) is 1. The van der Waals surface area contributed by atoms with Gasteiger partial charge in [0.15, 0.2) is 0 Å². The highest BCUT2D eigenvalue weighted by Gasteiger charge is 2.37. The van der Waals surface area contributed by atoms with Gasteiger partial charge in [-0.2, -0.15) is 0 Å². The van der Waals surface area contributed by atoms with Crippen molar-refractivity contribution in [3.8, 4) is 11.1 Å². The van der Waals surface area contributed by atoms with Gasteiger partial charge >= 0.3 is 0 Å². The number of nitrogen functional groups attached to an aromatic ring is 1. The monoisotopic (exact) mass is 356 g/mol. The minimum Gasteiger partial charge on any atom is -0.368 e. The predicted octanol–water partition coefficient (Wildman–Crippen LogP) is 1.39. The Labute approximate surface area is 150 Å². The van der Waals surface area contributed by atoms with Crippen LogP contribution in [0.2, 0.25) is 0 Å². The highest BCUT2D eigenvalue weighted by Crippen LogP contribution is 2.37. The van der Waals surface area contributed by atoms with Gasteiger partial charge in [0.1, 0.15) is 11.9 Å². The Kier molecular flexibility index (Phi) is 4.52. The number of nitrogens with zero attached hydrogens (tertiary/aromatic N) is 3. The summed E-state index contributed by atoms with van der Waals surface area (Å²) in [7, 11) is 0. The summed E-state index contributed by atoms with van der Waals surface area (Å²) in [6, 6.07) is 5.88. The van der Waals surface area contributed by atoms with E-state index in [1.165, 1.54) is 12.1 Å². The molecule has 4 rings (SSSR count). The van der Waals surface area contributed by atoms with E-state index < -0.39 is 0 Å². The first kappa shape index (κ1) is 16.9. The normalized spacial score (nSPS) is 22.7. The number of anilines is 1. The van der Waals surface area contributed by atoms with Crippen LogP contribution in [0.4, 0.5) is 10.3 Å². The van der Waals surface area contributed by atoms with E-state index in [0.717, 1.165) is 25.8 Å². The topological polar surface area (TPSA) is 96.2 Å². The summed E-state index contributed by atoms with van der Waals surface area (Å²) in [5.74, 6) is -0.120. The van der Waals surface area contributed by atoms with E-state index in [4.69, 9.17) is 5.73 Å². The molecule has 1 aromatic heterocycles. The molecule has 0 aliphatic carbocycles. The molecule has 1 aromatic carbocycles. The Balaban J connectivity index is 1.72. The lowest BCUT2D eigenvalue weighted by Crippen LogP contribution is -2.45. The molecule has 0 radical (unpaired) electrons. The third-order valence-corrected chi connectivity index (χ3v) is 4.96. The Morgan fingerprint density at radius 3 is 3.00 bits per heavy atom. The molecule has 2 saturated heterocycles. The molecule has 136 valence electrons. The fourth-order valence-corrected chi connectivity index (χ4v) is 3.73. The molecule has 0 saturated carbocycles. The van der Waals surface area contributed by atoms with Crippen molar-refractivity contribution in [1.29, 1.82) is 0 Å². The molecule has 8 heteroatoms. The van der Waals surface area contributed by atoms with Gasteiger partial charge in [-0.15, -0.1) is 0 Å². The van der Waals surface area contributed by atoms with Crippen molar-refractivity contribution in [2.45, 2.75) is 31.3 Å². The van der Waals surface area contributed by atoms with Crippen LogP contribution in [0.1, 0.15) is 31.0 Å². The fraction of sp³-hybridized carbons (Fsp3) is 0.389. The van der Waals surface area contributed by atoms with Gasteiger partial charge in [0.25, 0.3) is 0 Å². The van der Waals surface area contributed by atoms with Crippen LogP contribution in [-0.2, 0) is 4.79 Å². The molecule has 2 atom stereocenters. The zero-order chi connectivity index (χ0) is 18.1. The van der Waals surface area contributed by atoms with Crippen molar-refractivity contribution in [3.63, 3.8) is 0 Å². The van der Waals surface area contributed by atoms with E-state index in [1.807, 2.05) is 11.0 Å². The smallest absolute Gasteiger partial charge is 0.241 e. The number of nitrogens with one attached hydrogen (secondary N) is 2. The van der Waals surface area contributed by atoms with Crippen molar-refractivity contribution in [3.05, 3.63) is 42.0 Å². The Morgan fingerprint density at radius 2 is 2.23 bits per heavy atom. The van der Waals surface area contributed by atoms with Crippen LogP contribution >= 0.6 is 0 Å². The van der Waals surface area contributed by atoms with Gasteiger partial charge in [0.2, 0.25) is 11.9 Å². The molecule has 2 fully saturated rings. The van der Waals surface area contributed by atoms with Crippen LogP contribution in [-0.4, -0.2) is 39.9 Å². The van der Waals surface area contributed by atoms with Crippen molar-refractivity contribution >= 4 is 11.9 Å². The zero-order valence-electron chi connectivity index (χ0n) is 14.3. The second-order valence-corrected chi connectivity index (χ2v) is 6.64. The molecule has 2 aliphatic heterocycles. The zero-order valence-corrected chi connectivity index (χ0v) is 14.3. The Bertz CT molecular complexity index is 823. The molecule has 3 heterocycles. The highest BCUT2D eigenvalue weighted by atomic mass is 19.1. The maximum atomic E-state index is 13.7. The molecular formula is C18H21FN6O. The van der Waals surface area contributed by atoms with Gasteiger partial charge in [-0.1, -0.05) is 12.1 Å². The molecule has 2 aromatic rings. The first-order chi connectivity index (χ1) is 12.6. The lowest BCUT2D eigenvalue weighted by atomic mass is 9.99. The minimum absolute atomic E-state index is 0.0554. The van der Waals surface area contributed by atoms with Crippen LogP contribution in [0.5, 0.6) is 0 Å².